The van der Waals surface area contributed by atoms with Gasteiger partial charge >= 0.3 is 0 Å². The molecule has 0 bridgehead atoms. The molecule has 1 fully saturated rings. The summed E-state index contributed by atoms with van der Waals surface area (Å²) in [6, 6.07) is 7.86. The van der Waals surface area contributed by atoms with Crippen LogP contribution in [0, 0.1) is 0 Å². The zero-order chi connectivity index (χ0) is 21.8. The van der Waals surface area contributed by atoms with Crippen molar-refractivity contribution < 1.29 is 22.7 Å². The zero-order valence-corrected chi connectivity index (χ0v) is 17.9. The van der Waals surface area contributed by atoms with Crippen LogP contribution in [0.3, 0.4) is 0 Å². The number of hydrogen-bond donors (Lipinski definition) is 1. The standard InChI is InChI=1S/C21H25N3O6S/c25-20(22-12-16-5-7-18-19(11-16)30-15-29-18)14-23-13-17(6-8-21(23)26)31(27,28)24-9-3-1-2-4-10-24/h5-8,11,13H,1-4,9-10,12,14-15H2,(H,22,25). The molecule has 2 aromatic rings. The Balaban J connectivity index is 1.43. The second kappa shape index (κ2) is 9.11. The van der Waals surface area contributed by atoms with Crippen LogP contribution in [0.5, 0.6) is 11.5 Å². The molecular formula is C21H25N3O6S. The van der Waals surface area contributed by atoms with Crippen LogP contribution in [-0.2, 0) is 27.9 Å². The van der Waals surface area contributed by atoms with Crippen LogP contribution < -0.4 is 20.3 Å². The largest absolute Gasteiger partial charge is 0.454 e. The Labute approximate surface area is 180 Å². The van der Waals surface area contributed by atoms with Gasteiger partial charge in [0.2, 0.25) is 22.7 Å². The molecule has 4 rings (SSSR count). The number of fused-ring (bicyclic) bond motifs is 1. The molecule has 9 nitrogen and oxygen atoms in total. The maximum atomic E-state index is 13.0. The number of aromatic nitrogens is 1. The van der Waals surface area contributed by atoms with Crippen molar-refractivity contribution in [1.29, 1.82) is 0 Å². The Morgan fingerprint density at radius 2 is 1.74 bits per heavy atom. The van der Waals surface area contributed by atoms with E-state index in [0.29, 0.717) is 24.6 Å². The summed E-state index contributed by atoms with van der Waals surface area (Å²) in [5, 5.41) is 2.74. The average molecular weight is 448 g/mol. The number of pyridine rings is 1. The minimum absolute atomic E-state index is 0.0255. The Hall–Kier alpha value is -2.85. The van der Waals surface area contributed by atoms with Gasteiger partial charge in [0.15, 0.2) is 11.5 Å². The molecule has 2 aliphatic rings. The number of carbonyl (C=O) groups excluding carboxylic acids is 1. The first-order valence-electron chi connectivity index (χ1n) is 10.3. The lowest BCUT2D eigenvalue weighted by Gasteiger charge is -2.20. The monoisotopic (exact) mass is 447 g/mol. The van der Waals surface area contributed by atoms with E-state index in [-0.39, 0.29) is 24.8 Å². The van der Waals surface area contributed by atoms with Gasteiger partial charge in [-0.1, -0.05) is 18.9 Å². The Morgan fingerprint density at radius 3 is 2.52 bits per heavy atom. The van der Waals surface area contributed by atoms with E-state index in [2.05, 4.69) is 5.32 Å². The summed E-state index contributed by atoms with van der Waals surface area (Å²) < 4.78 is 39.1. The van der Waals surface area contributed by atoms with Gasteiger partial charge in [0.05, 0.1) is 4.90 Å². The van der Waals surface area contributed by atoms with Crippen LogP contribution in [0.1, 0.15) is 31.2 Å². The number of nitrogens with one attached hydrogen (secondary N) is 1. The first-order chi connectivity index (χ1) is 14.9. The van der Waals surface area contributed by atoms with Crippen molar-refractivity contribution in [2.45, 2.75) is 43.7 Å². The summed E-state index contributed by atoms with van der Waals surface area (Å²) in [6.07, 6.45) is 4.91. The molecule has 3 heterocycles. The van der Waals surface area contributed by atoms with Crippen molar-refractivity contribution in [2.75, 3.05) is 19.9 Å². The van der Waals surface area contributed by atoms with Gasteiger partial charge < -0.3 is 19.4 Å². The fraction of sp³-hybridized carbons (Fsp3) is 0.429. The molecule has 1 amide bonds. The minimum atomic E-state index is -3.71. The number of benzene rings is 1. The van der Waals surface area contributed by atoms with E-state index in [1.54, 1.807) is 12.1 Å². The van der Waals surface area contributed by atoms with E-state index in [4.69, 9.17) is 9.47 Å². The van der Waals surface area contributed by atoms with Crippen LogP contribution in [0.15, 0.2) is 46.2 Å². The van der Waals surface area contributed by atoms with Gasteiger partial charge in [-0.2, -0.15) is 4.31 Å². The van der Waals surface area contributed by atoms with Gasteiger partial charge in [-0.3, -0.25) is 9.59 Å². The lowest BCUT2D eigenvalue weighted by molar-refractivity contribution is -0.121. The highest BCUT2D eigenvalue weighted by molar-refractivity contribution is 7.89. The summed E-state index contributed by atoms with van der Waals surface area (Å²) in [5.41, 5.74) is 0.385. The van der Waals surface area contributed by atoms with Crippen molar-refractivity contribution >= 4 is 15.9 Å². The van der Waals surface area contributed by atoms with Crippen LogP contribution in [0.4, 0.5) is 0 Å². The van der Waals surface area contributed by atoms with Gasteiger partial charge in [-0.05, 0) is 36.6 Å². The number of hydrogen-bond acceptors (Lipinski definition) is 6. The third kappa shape index (κ3) is 4.91. The van der Waals surface area contributed by atoms with Crippen molar-refractivity contribution in [3.05, 3.63) is 52.4 Å². The predicted molar refractivity (Wildman–Crippen MR) is 112 cm³/mol. The van der Waals surface area contributed by atoms with Crippen LogP contribution >= 0.6 is 0 Å². The molecule has 1 aromatic carbocycles. The highest BCUT2D eigenvalue weighted by atomic mass is 32.2. The first-order valence-corrected chi connectivity index (χ1v) is 11.7. The van der Waals surface area contributed by atoms with Crippen LogP contribution in [-0.4, -0.2) is 43.1 Å². The lowest BCUT2D eigenvalue weighted by atomic mass is 10.2. The summed E-state index contributed by atoms with van der Waals surface area (Å²) >= 11 is 0. The highest BCUT2D eigenvalue weighted by Crippen LogP contribution is 2.32. The quantitative estimate of drug-likeness (QED) is 0.719. The van der Waals surface area contributed by atoms with Crippen molar-refractivity contribution in [3.8, 4) is 11.5 Å². The molecule has 0 spiro atoms. The Bertz CT molecular complexity index is 1120. The van der Waals surface area contributed by atoms with E-state index in [1.807, 2.05) is 6.07 Å². The van der Waals surface area contributed by atoms with Gasteiger partial charge in [0.25, 0.3) is 5.56 Å². The molecule has 2 aliphatic heterocycles. The number of ether oxygens (including phenoxy) is 2. The molecule has 1 saturated heterocycles. The number of sulfonamides is 1. The topological polar surface area (TPSA) is 107 Å². The second-order valence-electron chi connectivity index (χ2n) is 7.61. The fourth-order valence-corrected chi connectivity index (χ4v) is 5.22. The predicted octanol–water partition coefficient (Wildman–Crippen LogP) is 1.46. The van der Waals surface area contributed by atoms with Crippen molar-refractivity contribution in [1.82, 2.24) is 14.2 Å². The number of rotatable bonds is 6. The van der Waals surface area contributed by atoms with Gasteiger partial charge in [0, 0.05) is 31.9 Å². The third-order valence-electron chi connectivity index (χ3n) is 5.40. The number of amides is 1. The van der Waals surface area contributed by atoms with Crippen LogP contribution in [0.2, 0.25) is 0 Å². The summed E-state index contributed by atoms with van der Waals surface area (Å²) in [5.74, 6) is 0.877. The SMILES string of the molecule is O=C(Cn1cc(S(=O)(=O)N2CCCCCC2)ccc1=O)NCc1ccc2c(c1)OCO2. The molecule has 0 atom stereocenters. The number of carbonyl (C=O) groups is 1. The van der Waals surface area contributed by atoms with E-state index in [0.717, 1.165) is 35.8 Å². The summed E-state index contributed by atoms with van der Waals surface area (Å²) in [4.78, 5) is 24.6. The molecule has 1 N–H and O–H groups in total. The molecule has 0 saturated carbocycles. The fourth-order valence-electron chi connectivity index (χ4n) is 3.68. The minimum Gasteiger partial charge on any atom is -0.454 e. The summed E-state index contributed by atoms with van der Waals surface area (Å²) in [7, 11) is -3.71. The van der Waals surface area contributed by atoms with Gasteiger partial charge in [0.1, 0.15) is 6.54 Å². The van der Waals surface area contributed by atoms with E-state index >= 15 is 0 Å². The van der Waals surface area contributed by atoms with Crippen LogP contribution in [0.25, 0.3) is 0 Å². The molecule has 166 valence electrons. The lowest BCUT2D eigenvalue weighted by Crippen LogP contribution is -2.34. The van der Waals surface area contributed by atoms with Gasteiger partial charge in [-0.15, -0.1) is 0 Å². The molecule has 10 heteroatoms. The average Bonchev–Trinajstić information content (AvgIpc) is 3.04. The van der Waals surface area contributed by atoms with Gasteiger partial charge in [-0.25, -0.2) is 8.42 Å². The first kappa shape index (κ1) is 21.4. The van der Waals surface area contributed by atoms with E-state index in [9.17, 15) is 18.0 Å². The number of nitrogens with zero attached hydrogens (tertiary/aromatic N) is 2. The normalized spacial score (nSPS) is 16.6. The Kier molecular flexibility index (Phi) is 6.28. The maximum Gasteiger partial charge on any atom is 0.251 e. The molecular weight excluding hydrogens is 422 g/mol. The molecule has 1 aromatic heterocycles. The zero-order valence-electron chi connectivity index (χ0n) is 17.1. The Morgan fingerprint density at radius 1 is 1.00 bits per heavy atom. The molecule has 31 heavy (non-hydrogen) atoms. The molecule has 0 aliphatic carbocycles. The van der Waals surface area contributed by atoms with E-state index in [1.165, 1.54) is 22.6 Å². The highest BCUT2D eigenvalue weighted by Gasteiger charge is 2.26. The smallest absolute Gasteiger partial charge is 0.251 e. The maximum absolute atomic E-state index is 13.0. The van der Waals surface area contributed by atoms with E-state index < -0.39 is 21.5 Å². The molecule has 0 radical (unpaired) electrons. The van der Waals surface area contributed by atoms with Crippen molar-refractivity contribution in [2.24, 2.45) is 0 Å². The third-order valence-corrected chi connectivity index (χ3v) is 7.28. The molecule has 0 unspecified atom stereocenters. The summed E-state index contributed by atoms with van der Waals surface area (Å²) in [6.45, 7) is 1.09. The van der Waals surface area contributed by atoms with Crippen molar-refractivity contribution in [3.63, 3.8) is 0 Å². The second-order valence-corrected chi connectivity index (χ2v) is 9.55.